The minimum atomic E-state index is -4.58. The van der Waals surface area contributed by atoms with E-state index in [9.17, 15) is 19.4 Å². The number of amides is 1. The molecule has 0 fully saturated rings. The second-order valence-corrected chi connectivity index (χ2v) is 17.1. The lowest BCUT2D eigenvalue weighted by Crippen LogP contribution is -2.45. The van der Waals surface area contributed by atoms with Crippen LogP contribution in [-0.2, 0) is 18.4 Å². The molecule has 1 unspecified atom stereocenters. The van der Waals surface area contributed by atoms with Crippen LogP contribution in [0.2, 0.25) is 0 Å². The minimum absolute atomic E-state index is 0.000971. The standard InChI is InChI=1S/C42H83N2O6P/c1-6-8-10-12-14-16-18-20-21-22-24-26-28-30-32-34-36-42(46)43-40(39-50-51(47,48)49-38-37-44(3,4)5)41(45)35-33-31-29-27-25-23-19-17-15-13-11-9-7-2/h11,13,33,35,40-41,45H,6-10,12,14-32,34,36-39H2,1-5H3,(H-,43,46,47,48)/b13-11+,35-33+/t40-,41+/m0/s1. The number of nitrogens with one attached hydrogen (secondary N) is 1. The summed E-state index contributed by atoms with van der Waals surface area (Å²) in [5, 5.41) is 13.7. The molecule has 0 rings (SSSR count). The fourth-order valence-corrected chi connectivity index (χ4v) is 6.70. The van der Waals surface area contributed by atoms with Crippen molar-refractivity contribution in [1.82, 2.24) is 5.32 Å². The number of rotatable bonds is 38. The molecule has 0 aliphatic rings. The average Bonchev–Trinajstić information content (AvgIpc) is 3.07. The van der Waals surface area contributed by atoms with Gasteiger partial charge in [-0.15, -0.1) is 0 Å². The molecule has 0 saturated heterocycles. The summed E-state index contributed by atoms with van der Waals surface area (Å²) in [7, 11) is 1.26. The Hall–Kier alpha value is -1.02. The van der Waals surface area contributed by atoms with Gasteiger partial charge in [0.1, 0.15) is 13.2 Å². The van der Waals surface area contributed by atoms with Crippen LogP contribution in [0.5, 0.6) is 0 Å². The Morgan fingerprint density at radius 1 is 0.667 bits per heavy atom. The van der Waals surface area contributed by atoms with Gasteiger partial charge < -0.3 is 28.8 Å². The molecular formula is C42H83N2O6P. The normalized spacial score (nSPS) is 14.7. The lowest BCUT2D eigenvalue weighted by Gasteiger charge is -2.29. The number of allylic oxidation sites excluding steroid dienone is 3. The molecule has 1 amide bonds. The van der Waals surface area contributed by atoms with Crippen molar-refractivity contribution in [2.24, 2.45) is 0 Å². The van der Waals surface area contributed by atoms with Crippen LogP contribution in [0.4, 0.5) is 0 Å². The summed E-state index contributed by atoms with van der Waals surface area (Å²) in [4.78, 5) is 25.2. The van der Waals surface area contributed by atoms with E-state index in [1.54, 1.807) is 6.08 Å². The highest BCUT2D eigenvalue weighted by atomic mass is 31.2. The molecule has 0 aromatic heterocycles. The molecular weight excluding hydrogens is 659 g/mol. The molecule has 0 aromatic rings. The maximum absolute atomic E-state index is 12.8. The second kappa shape index (κ2) is 34.7. The molecule has 0 spiro atoms. The summed E-state index contributed by atoms with van der Waals surface area (Å²) in [6, 6.07) is -0.884. The Bertz CT molecular complexity index is 891. The molecule has 0 heterocycles. The van der Waals surface area contributed by atoms with E-state index in [2.05, 4.69) is 31.3 Å². The summed E-state index contributed by atoms with van der Waals surface area (Å²) >= 11 is 0. The van der Waals surface area contributed by atoms with Crippen molar-refractivity contribution >= 4 is 13.7 Å². The first-order valence-corrected chi connectivity index (χ1v) is 22.7. The Kier molecular flexibility index (Phi) is 34.0. The summed E-state index contributed by atoms with van der Waals surface area (Å²) in [6.45, 7) is 4.58. The number of carbonyl (C=O) groups excluding carboxylic acids is 1. The third-order valence-electron chi connectivity index (χ3n) is 9.39. The number of nitrogens with zero attached hydrogens (tertiary/aromatic N) is 1. The van der Waals surface area contributed by atoms with Gasteiger partial charge in [-0.05, 0) is 38.5 Å². The first kappa shape index (κ1) is 50.0. The van der Waals surface area contributed by atoms with Crippen LogP contribution in [0.15, 0.2) is 24.3 Å². The number of carbonyl (C=O) groups is 1. The topological polar surface area (TPSA) is 108 Å². The second-order valence-electron chi connectivity index (χ2n) is 15.7. The molecule has 0 bridgehead atoms. The molecule has 0 aliphatic carbocycles. The molecule has 302 valence electrons. The van der Waals surface area contributed by atoms with Gasteiger partial charge in [-0.3, -0.25) is 9.36 Å². The predicted molar refractivity (Wildman–Crippen MR) is 215 cm³/mol. The van der Waals surface area contributed by atoms with Gasteiger partial charge in [0.05, 0.1) is 39.9 Å². The summed E-state index contributed by atoms with van der Waals surface area (Å²) < 4.78 is 23.1. The van der Waals surface area contributed by atoms with Gasteiger partial charge in [0.25, 0.3) is 7.82 Å². The van der Waals surface area contributed by atoms with E-state index in [4.69, 9.17) is 9.05 Å². The Morgan fingerprint density at radius 2 is 1.12 bits per heavy atom. The zero-order valence-corrected chi connectivity index (χ0v) is 35.0. The summed E-state index contributed by atoms with van der Waals surface area (Å²) in [5.74, 6) is -0.200. The summed E-state index contributed by atoms with van der Waals surface area (Å²) in [6.07, 6.45) is 39.3. The van der Waals surface area contributed by atoms with Crippen molar-refractivity contribution in [3.63, 3.8) is 0 Å². The first-order valence-electron chi connectivity index (χ1n) is 21.2. The number of quaternary nitrogens is 1. The number of aliphatic hydroxyl groups is 1. The Labute approximate surface area is 315 Å². The van der Waals surface area contributed by atoms with E-state index < -0.39 is 20.0 Å². The molecule has 51 heavy (non-hydrogen) atoms. The number of hydrogen-bond acceptors (Lipinski definition) is 6. The van der Waals surface area contributed by atoms with Crippen molar-refractivity contribution in [1.29, 1.82) is 0 Å². The van der Waals surface area contributed by atoms with Crippen LogP contribution >= 0.6 is 7.82 Å². The van der Waals surface area contributed by atoms with E-state index in [1.165, 1.54) is 128 Å². The number of phosphoric ester groups is 1. The van der Waals surface area contributed by atoms with Crippen molar-refractivity contribution in [3.8, 4) is 0 Å². The molecule has 0 aliphatic heterocycles. The van der Waals surface area contributed by atoms with Crippen LogP contribution in [-0.4, -0.2) is 68.5 Å². The number of phosphoric acid groups is 1. The van der Waals surface area contributed by atoms with Gasteiger partial charge in [-0.1, -0.05) is 167 Å². The third kappa shape index (κ3) is 37.1. The molecule has 3 atom stereocenters. The zero-order chi connectivity index (χ0) is 37.9. The van der Waals surface area contributed by atoms with E-state index in [0.29, 0.717) is 17.4 Å². The van der Waals surface area contributed by atoms with Crippen LogP contribution in [0.3, 0.4) is 0 Å². The van der Waals surface area contributed by atoms with Crippen molar-refractivity contribution in [2.45, 2.75) is 199 Å². The van der Waals surface area contributed by atoms with Gasteiger partial charge in [0.2, 0.25) is 5.91 Å². The van der Waals surface area contributed by atoms with E-state index in [-0.39, 0.29) is 19.1 Å². The SMILES string of the molecule is CCC/C=C/CCCCCCCC/C=C/[C@@H](O)[C@H](COP(=O)([O-])OCC[N+](C)(C)C)NC(=O)CCCCCCCCCCCCCCCCCC. The molecule has 0 aromatic carbocycles. The van der Waals surface area contributed by atoms with Crippen LogP contribution < -0.4 is 10.2 Å². The van der Waals surface area contributed by atoms with Crippen LogP contribution in [0.1, 0.15) is 187 Å². The largest absolute Gasteiger partial charge is 0.756 e. The van der Waals surface area contributed by atoms with Crippen LogP contribution in [0, 0.1) is 0 Å². The summed E-state index contributed by atoms with van der Waals surface area (Å²) in [5.41, 5.74) is 0. The molecule has 8 nitrogen and oxygen atoms in total. The highest BCUT2D eigenvalue weighted by Gasteiger charge is 2.23. The van der Waals surface area contributed by atoms with Gasteiger partial charge >= 0.3 is 0 Å². The highest BCUT2D eigenvalue weighted by molar-refractivity contribution is 7.45. The van der Waals surface area contributed by atoms with Crippen molar-refractivity contribution < 1.29 is 32.9 Å². The van der Waals surface area contributed by atoms with E-state index in [1.807, 2.05) is 27.2 Å². The smallest absolute Gasteiger partial charge is 0.268 e. The van der Waals surface area contributed by atoms with Gasteiger partial charge in [0.15, 0.2) is 0 Å². The quantitative estimate of drug-likeness (QED) is 0.0282. The molecule has 0 radical (unpaired) electrons. The van der Waals surface area contributed by atoms with Crippen molar-refractivity contribution in [2.75, 3.05) is 40.9 Å². The van der Waals surface area contributed by atoms with Gasteiger partial charge in [-0.25, -0.2) is 0 Å². The first-order chi connectivity index (χ1) is 24.5. The highest BCUT2D eigenvalue weighted by Crippen LogP contribution is 2.38. The van der Waals surface area contributed by atoms with E-state index >= 15 is 0 Å². The van der Waals surface area contributed by atoms with Gasteiger partial charge in [0, 0.05) is 6.42 Å². The Morgan fingerprint density at radius 3 is 1.61 bits per heavy atom. The number of likely N-dealkylation sites (N-methyl/N-ethyl adjacent to an activating group) is 1. The monoisotopic (exact) mass is 743 g/mol. The van der Waals surface area contributed by atoms with Crippen molar-refractivity contribution in [3.05, 3.63) is 24.3 Å². The Balaban J connectivity index is 4.44. The van der Waals surface area contributed by atoms with Crippen LogP contribution in [0.25, 0.3) is 0 Å². The minimum Gasteiger partial charge on any atom is -0.756 e. The predicted octanol–water partition coefficient (Wildman–Crippen LogP) is 10.7. The fraction of sp³-hybridized carbons (Fsp3) is 0.881. The maximum Gasteiger partial charge on any atom is 0.268 e. The van der Waals surface area contributed by atoms with Gasteiger partial charge in [-0.2, -0.15) is 0 Å². The molecule has 2 N–H and O–H groups in total. The number of hydrogen-bond donors (Lipinski definition) is 2. The average molecular weight is 743 g/mol. The third-order valence-corrected chi connectivity index (χ3v) is 10.4. The molecule has 0 saturated carbocycles. The zero-order valence-electron chi connectivity index (χ0n) is 34.1. The molecule has 9 heteroatoms. The number of unbranched alkanes of at least 4 members (excludes halogenated alkanes) is 23. The number of aliphatic hydroxyl groups excluding tert-OH is 1. The van der Waals surface area contributed by atoms with E-state index in [0.717, 1.165) is 38.5 Å². The lowest BCUT2D eigenvalue weighted by molar-refractivity contribution is -0.870. The fourth-order valence-electron chi connectivity index (χ4n) is 5.98. The lowest BCUT2D eigenvalue weighted by atomic mass is 10.0. The maximum atomic E-state index is 12.8.